The SMILES string of the molecule is CCOC(=O)c1sc(C(C)NC(=NC)NCc2cccnc2OCC)nc1C.I. The lowest BCUT2D eigenvalue weighted by atomic mass is 10.2. The number of hydrogen-bond acceptors (Lipinski definition) is 7. The molecule has 8 nitrogen and oxygen atoms in total. The minimum Gasteiger partial charge on any atom is -0.478 e. The van der Waals surface area contributed by atoms with Crippen LogP contribution in [-0.2, 0) is 11.3 Å². The number of guanidine groups is 1. The number of aryl methyl sites for hydroxylation is 1. The van der Waals surface area contributed by atoms with Crippen molar-refractivity contribution in [3.63, 3.8) is 0 Å². The summed E-state index contributed by atoms with van der Waals surface area (Å²) >= 11 is 1.33. The second-order valence-corrected chi connectivity index (χ2v) is 6.91. The van der Waals surface area contributed by atoms with Crippen LogP contribution in [0, 0.1) is 6.92 Å². The monoisotopic (exact) mass is 533 g/mol. The number of thiazole rings is 1. The maximum absolute atomic E-state index is 12.0. The van der Waals surface area contributed by atoms with Crippen LogP contribution in [0.5, 0.6) is 5.88 Å². The van der Waals surface area contributed by atoms with Gasteiger partial charge in [0.05, 0.1) is 24.9 Å². The van der Waals surface area contributed by atoms with E-state index in [9.17, 15) is 4.79 Å². The molecule has 0 aliphatic rings. The Labute approximate surface area is 192 Å². The average molecular weight is 533 g/mol. The highest BCUT2D eigenvalue weighted by molar-refractivity contribution is 14.0. The van der Waals surface area contributed by atoms with Crippen molar-refractivity contribution >= 4 is 47.2 Å². The van der Waals surface area contributed by atoms with Crippen LogP contribution in [0.1, 0.15) is 52.7 Å². The largest absolute Gasteiger partial charge is 0.478 e. The second kappa shape index (κ2) is 12.6. The van der Waals surface area contributed by atoms with Gasteiger partial charge in [0, 0.05) is 25.4 Å². The molecule has 0 aliphatic carbocycles. The highest BCUT2D eigenvalue weighted by Gasteiger charge is 2.20. The van der Waals surface area contributed by atoms with Gasteiger partial charge in [0.2, 0.25) is 5.88 Å². The summed E-state index contributed by atoms with van der Waals surface area (Å²) in [6.45, 7) is 8.90. The zero-order chi connectivity index (χ0) is 20.5. The molecule has 2 N–H and O–H groups in total. The number of halogens is 1. The molecule has 1 unspecified atom stereocenters. The van der Waals surface area contributed by atoms with Crippen molar-refractivity contribution in [2.75, 3.05) is 20.3 Å². The zero-order valence-corrected chi connectivity index (χ0v) is 20.5. The first-order valence-electron chi connectivity index (χ1n) is 9.18. The van der Waals surface area contributed by atoms with E-state index in [2.05, 4.69) is 25.6 Å². The van der Waals surface area contributed by atoms with Gasteiger partial charge in [0.1, 0.15) is 9.88 Å². The van der Waals surface area contributed by atoms with E-state index in [-0.39, 0.29) is 36.0 Å². The molecule has 2 aromatic rings. The standard InChI is InChI=1S/C19H27N5O3S.HI/c1-6-26-16-14(9-8-10-21-16)11-22-19(20-5)24-13(4)17-23-12(3)15(28-17)18(25)27-7-2;/h8-10,13H,6-7,11H2,1-5H3,(H2,20,22,24);1H. The lowest BCUT2D eigenvalue weighted by Gasteiger charge is -2.17. The molecule has 2 rings (SSSR count). The second-order valence-electron chi connectivity index (χ2n) is 5.88. The van der Waals surface area contributed by atoms with E-state index in [1.165, 1.54) is 11.3 Å². The maximum atomic E-state index is 12.0. The molecule has 0 aromatic carbocycles. The topological polar surface area (TPSA) is 97.7 Å². The number of ether oxygens (including phenoxy) is 2. The van der Waals surface area contributed by atoms with Crippen LogP contribution < -0.4 is 15.4 Å². The van der Waals surface area contributed by atoms with Crippen LogP contribution in [0.2, 0.25) is 0 Å². The summed E-state index contributed by atoms with van der Waals surface area (Å²) in [7, 11) is 1.70. The number of carbonyl (C=O) groups excluding carboxylic acids is 1. The van der Waals surface area contributed by atoms with Crippen LogP contribution in [0.4, 0.5) is 0 Å². The smallest absolute Gasteiger partial charge is 0.350 e. The van der Waals surface area contributed by atoms with E-state index < -0.39 is 0 Å². The fourth-order valence-electron chi connectivity index (χ4n) is 2.45. The number of aliphatic imine (C=N–C) groups is 1. The van der Waals surface area contributed by atoms with Gasteiger partial charge < -0.3 is 20.1 Å². The third-order valence-corrected chi connectivity index (χ3v) is 5.12. The number of esters is 1. The summed E-state index contributed by atoms with van der Waals surface area (Å²) in [6, 6.07) is 3.70. The Morgan fingerprint density at radius 3 is 2.76 bits per heavy atom. The molecule has 0 aliphatic heterocycles. The molecule has 0 bridgehead atoms. The van der Waals surface area contributed by atoms with E-state index in [1.807, 2.05) is 32.9 Å². The minimum absolute atomic E-state index is 0. The van der Waals surface area contributed by atoms with E-state index in [0.29, 0.717) is 42.2 Å². The van der Waals surface area contributed by atoms with E-state index in [1.54, 1.807) is 20.2 Å². The summed E-state index contributed by atoms with van der Waals surface area (Å²) in [5.74, 6) is 0.887. The predicted molar refractivity (Wildman–Crippen MR) is 125 cm³/mol. The normalized spacial score (nSPS) is 12.0. The molecule has 0 saturated heterocycles. The van der Waals surface area contributed by atoms with E-state index in [4.69, 9.17) is 9.47 Å². The number of rotatable bonds is 8. The van der Waals surface area contributed by atoms with Gasteiger partial charge >= 0.3 is 5.97 Å². The van der Waals surface area contributed by atoms with Gasteiger partial charge in [-0.15, -0.1) is 35.3 Å². The number of aromatic nitrogens is 2. The van der Waals surface area contributed by atoms with Crippen LogP contribution in [-0.4, -0.2) is 42.2 Å². The lowest BCUT2D eigenvalue weighted by molar-refractivity contribution is 0.0531. The van der Waals surface area contributed by atoms with Gasteiger partial charge in [0.25, 0.3) is 0 Å². The third-order valence-electron chi connectivity index (χ3n) is 3.80. The summed E-state index contributed by atoms with van der Waals surface area (Å²) in [5, 5.41) is 7.33. The quantitative estimate of drug-likeness (QED) is 0.232. The summed E-state index contributed by atoms with van der Waals surface area (Å²) in [5.41, 5.74) is 1.61. The molecule has 160 valence electrons. The van der Waals surface area contributed by atoms with Crippen molar-refractivity contribution < 1.29 is 14.3 Å². The van der Waals surface area contributed by atoms with Gasteiger partial charge in [-0.05, 0) is 33.8 Å². The Hall–Kier alpha value is -1.95. The van der Waals surface area contributed by atoms with Crippen molar-refractivity contribution in [1.29, 1.82) is 0 Å². The van der Waals surface area contributed by atoms with Crippen LogP contribution in [0.3, 0.4) is 0 Å². The lowest BCUT2D eigenvalue weighted by Crippen LogP contribution is -2.38. The van der Waals surface area contributed by atoms with Crippen molar-refractivity contribution in [2.24, 2.45) is 4.99 Å². The minimum atomic E-state index is -0.335. The Balaban J connectivity index is 0.00000420. The molecule has 0 spiro atoms. The van der Waals surface area contributed by atoms with Gasteiger partial charge in [-0.3, -0.25) is 4.99 Å². The summed E-state index contributed by atoms with van der Waals surface area (Å²) in [6.07, 6.45) is 1.70. The highest BCUT2D eigenvalue weighted by Crippen LogP contribution is 2.24. The molecule has 29 heavy (non-hydrogen) atoms. The fraction of sp³-hybridized carbons (Fsp3) is 0.474. The number of carbonyl (C=O) groups is 1. The van der Waals surface area contributed by atoms with Crippen LogP contribution >= 0.6 is 35.3 Å². The van der Waals surface area contributed by atoms with Gasteiger partial charge in [-0.1, -0.05) is 6.07 Å². The molecule has 0 radical (unpaired) electrons. The van der Waals surface area contributed by atoms with Gasteiger partial charge in [-0.25, -0.2) is 14.8 Å². The number of nitrogens with one attached hydrogen (secondary N) is 2. The molecule has 0 fully saturated rings. The third kappa shape index (κ3) is 7.11. The van der Waals surface area contributed by atoms with Crippen molar-refractivity contribution in [3.05, 3.63) is 39.5 Å². The first-order valence-corrected chi connectivity index (χ1v) is 10.00. The van der Waals surface area contributed by atoms with Crippen molar-refractivity contribution in [1.82, 2.24) is 20.6 Å². The molecule has 0 saturated carbocycles. The average Bonchev–Trinajstić information content (AvgIpc) is 3.08. The number of hydrogen-bond donors (Lipinski definition) is 2. The predicted octanol–water partition coefficient (Wildman–Crippen LogP) is 3.47. The maximum Gasteiger partial charge on any atom is 0.350 e. The molecule has 2 aromatic heterocycles. The van der Waals surface area contributed by atoms with Crippen molar-refractivity contribution in [3.8, 4) is 5.88 Å². The Kier molecular flexibility index (Phi) is 10.9. The van der Waals surface area contributed by atoms with Crippen LogP contribution in [0.25, 0.3) is 0 Å². The molecule has 10 heteroatoms. The van der Waals surface area contributed by atoms with Crippen molar-refractivity contribution in [2.45, 2.75) is 40.3 Å². The van der Waals surface area contributed by atoms with Gasteiger partial charge in [0.15, 0.2) is 5.96 Å². The Morgan fingerprint density at radius 2 is 2.10 bits per heavy atom. The zero-order valence-electron chi connectivity index (χ0n) is 17.3. The molecule has 1 atom stereocenters. The van der Waals surface area contributed by atoms with Gasteiger partial charge in [-0.2, -0.15) is 0 Å². The first-order chi connectivity index (χ1) is 13.5. The molecular formula is C19H28IN5O3S. The fourth-order valence-corrected chi connectivity index (χ4v) is 3.42. The van der Waals surface area contributed by atoms with E-state index >= 15 is 0 Å². The van der Waals surface area contributed by atoms with Crippen LogP contribution in [0.15, 0.2) is 23.3 Å². The number of nitrogens with zero attached hydrogens (tertiary/aromatic N) is 3. The highest BCUT2D eigenvalue weighted by atomic mass is 127. The first kappa shape index (κ1) is 25.1. The number of pyridine rings is 1. The van der Waals surface area contributed by atoms with E-state index in [0.717, 1.165) is 10.6 Å². The molecule has 0 amide bonds. The molecular weight excluding hydrogens is 505 g/mol. The summed E-state index contributed by atoms with van der Waals surface area (Å²) < 4.78 is 10.6. The Bertz CT molecular complexity index is 828. The molecule has 2 heterocycles. The summed E-state index contributed by atoms with van der Waals surface area (Å²) in [4.78, 5) is 25.5. The Morgan fingerprint density at radius 1 is 1.34 bits per heavy atom.